The van der Waals surface area contributed by atoms with Crippen molar-refractivity contribution in [2.75, 3.05) is 46.8 Å². The smallest absolute Gasteiger partial charge is 0.239 e. The summed E-state index contributed by atoms with van der Waals surface area (Å²) in [6, 6.07) is 4.33. The number of aliphatic imine (C=N–C) groups is 1. The van der Waals surface area contributed by atoms with Gasteiger partial charge in [0.25, 0.3) is 0 Å². The standard InChI is InChI=1S/C20H35N5OS.HI/c1-5-21-20(23-15-16(2)18-10-7-14-27-18)22-11-8-13-25-12-6-9-17(25)19(26)24(3)4;/h7,10,14,16-17H,5-6,8-9,11-13,15H2,1-4H3,(H2,21,22,23);1H. The van der Waals surface area contributed by atoms with Gasteiger partial charge in [0, 0.05) is 44.5 Å². The molecular weight excluding hydrogens is 485 g/mol. The Bertz CT molecular complexity index is 593. The highest BCUT2D eigenvalue weighted by Gasteiger charge is 2.30. The normalized spacial score (nSPS) is 18.4. The molecule has 0 saturated carbocycles. The van der Waals surface area contributed by atoms with Gasteiger partial charge in [-0.1, -0.05) is 13.0 Å². The predicted molar refractivity (Wildman–Crippen MR) is 130 cm³/mol. The summed E-state index contributed by atoms with van der Waals surface area (Å²) in [4.78, 5) is 22.4. The van der Waals surface area contributed by atoms with Crippen molar-refractivity contribution < 1.29 is 4.79 Å². The fourth-order valence-electron chi connectivity index (χ4n) is 3.39. The number of thiophene rings is 1. The van der Waals surface area contributed by atoms with Gasteiger partial charge in [-0.05, 0) is 44.2 Å². The Morgan fingerprint density at radius 2 is 2.21 bits per heavy atom. The van der Waals surface area contributed by atoms with E-state index in [1.165, 1.54) is 4.88 Å². The van der Waals surface area contributed by atoms with Crippen molar-refractivity contribution in [2.24, 2.45) is 4.99 Å². The second kappa shape index (κ2) is 13.4. The van der Waals surface area contributed by atoms with Gasteiger partial charge >= 0.3 is 0 Å². The quantitative estimate of drug-likeness (QED) is 0.227. The molecule has 0 bridgehead atoms. The molecule has 2 N–H and O–H groups in total. The molecule has 2 unspecified atom stereocenters. The van der Waals surface area contributed by atoms with E-state index in [9.17, 15) is 4.79 Å². The highest BCUT2D eigenvalue weighted by Crippen LogP contribution is 2.21. The Morgan fingerprint density at radius 3 is 2.86 bits per heavy atom. The maximum atomic E-state index is 12.3. The molecule has 1 aromatic heterocycles. The van der Waals surface area contributed by atoms with Crippen LogP contribution in [0.1, 0.15) is 43.9 Å². The van der Waals surface area contributed by atoms with Gasteiger partial charge in [-0.2, -0.15) is 0 Å². The number of nitrogens with zero attached hydrogens (tertiary/aromatic N) is 3. The third kappa shape index (κ3) is 7.87. The number of likely N-dealkylation sites (tertiary alicyclic amines) is 1. The fourth-order valence-corrected chi connectivity index (χ4v) is 4.17. The van der Waals surface area contributed by atoms with E-state index in [4.69, 9.17) is 4.99 Å². The van der Waals surface area contributed by atoms with Crippen LogP contribution in [-0.4, -0.2) is 74.5 Å². The average molecular weight is 522 g/mol. The van der Waals surface area contributed by atoms with E-state index >= 15 is 0 Å². The molecular formula is C20H36IN5OS. The Morgan fingerprint density at radius 1 is 1.43 bits per heavy atom. The highest BCUT2D eigenvalue weighted by atomic mass is 127. The molecule has 1 fully saturated rings. The first-order valence-corrected chi connectivity index (χ1v) is 10.9. The topological polar surface area (TPSA) is 60.0 Å². The van der Waals surface area contributed by atoms with Crippen LogP contribution in [0.2, 0.25) is 0 Å². The third-order valence-electron chi connectivity index (χ3n) is 4.90. The first-order valence-electron chi connectivity index (χ1n) is 10.0. The van der Waals surface area contributed by atoms with Crippen molar-refractivity contribution >= 4 is 47.2 Å². The molecule has 1 aliphatic rings. The van der Waals surface area contributed by atoms with E-state index in [2.05, 4.69) is 46.9 Å². The number of nitrogens with one attached hydrogen (secondary N) is 2. The minimum atomic E-state index is 0. The molecule has 8 heteroatoms. The minimum Gasteiger partial charge on any atom is -0.357 e. The van der Waals surface area contributed by atoms with E-state index in [1.807, 2.05) is 14.1 Å². The monoisotopic (exact) mass is 521 g/mol. The first-order chi connectivity index (χ1) is 13.0. The summed E-state index contributed by atoms with van der Waals surface area (Å²) < 4.78 is 0. The summed E-state index contributed by atoms with van der Waals surface area (Å²) in [5.74, 6) is 1.55. The number of guanidine groups is 1. The highest BCUT2D eigenvalue weighted by molar-refractivity contribution is 14.0. The molecule has 1 aromatic rings. The molecule has 6 nitrogen and oxygen atoms in total. The molecule has 1 amide bonds. The van der Waals surface area contributed by atoms with E-state index in [0.717, 1.165) is 57.9 Å². The number of carbonyl (C=O) groups is 1. The van der Waals surface area contributed by atoms with Crippen LogP contribution in [0, 0.1) is 0 Å². The Labute approximate surface area is 191 Å². The molecule has 28 heavy (non-hydrogen) atoms. The minimum absolute atomic E-state index is 0. The SMILES string of the molecule is CCNC(=NCC(C)c1cccs1)NCCCN1CCCC1C(=O)N(C)C.I. The molecule has 0 spiro atoms. The van der Waals surface area contributed by atoms with E-state index in [1.54, 1.807) is 16.2 Å². The first kappa shape index (κ1) is 25.2. The summed E-state index contributed by atoms with van der Waals surface area (Å²) in [6.07, 6.45) is 3.10. The number of halogens is 1. The fraction of sp³-hybridized carbons (Fsp3) is 0.700. The van der Waals surface area contributed by atoms with Crippen LogP contribution < -0.4 is 10.6 Å². The van der Waals surface area contributed by atoms with Crippen molar-refractivity contribution in [3.05, 3.63) is 22.4 Å². The molecule has 2 atom stereocenters. The van der Waals surface area contributed by atoms with Crippen LogP contribution in [0.5, 0.6) is 0 Å². The zero-order valence-electron chi connectivity index (χ0n) is 17.6. The van der Waals surface area contributed by atoms with Crippen molar-refractivity contribution in [3.63, 3.8) is 0 Å². The molecule has 2 heterocycles. The number of rotatable bonds is 9. The van der Waals surface area contributed by atoms with Crippen molar-refractivity contribution in [2.45, 2.75) is 45.1 Å². The molecule has 1 aliphatic heterocycles. The second-order valence-corrected chi connectivity index (χ2v) is 8.32. The van der Waals surface area contributed by atoms with E-state index < -0.39 is 0 Å². The van der Waals surface area contributed by atoms with Crippen LogP contribution in [0.25, 0.3) is 0 Å². The maximum absolute atomic E-state index is 12.3. The molecule has 160 valence electrons. The Balaban J connectivity index is 0.00000392. The number of amides is 1. The number of carbonyl (C=O) groups excluding carboxylic acids is 1. The molecule has 2 rings (SSSR count). The van der Waals surface area contributed by atoms with Crippen LogP contribution >= 0.6 is 35.3 Å². The van der Waals surface area contributed by atoms with Gasteiger partial charge in [0.15, 0.2) is 5.96 Å². The number of likely N-dealkylation sites (N-methyl/N-ethyl adjacent to an activating group) is 1. The Hall–Kier alpha value is -0.870. The molecule has 1 saturated heterocycles. The lowest BCUT2D eigenvalue weighted by Gasteiger charge is -2.26. The summed E-state index contributed by atoms with van der Waals surface area (Å²) in [5.41, 5.74) is 0. The van der Waals surface area contributed by atoms with Crippen LogP contribution in [0.3, 0.4) is 0 Å². The summed E-state index contributed by atoms with van der Waals surface area (Å²) in [5, 5.41) is 8.87. The second-order valence-electron chi connectivity index (χ2n) is 7.34. The molecule has 0 aliphatic carbocycles. The van der Waals surface area contributed by atoms with E-state index in [0.29, 0.717) is 5.92 Å². The van der Waals surface area contributed by atoms with Crippen LogP contribution in [-0.2, 0) is 4.79 Å². The van der Waals surface area contributed by atoms with Crippen molar-refractivity contribution in [1.29, 1.82) is 0 Å². The van der Waals surface area contributed by atoms with Gasteiger partial charge < -0.3 is 15.5 Å². The van der Waals surface area contributed by atoms with Crippen molar-refractivity contribution in [1.82, 2.24) is 20.4 Å². The maximum Gasteiger partial charge on any atom is 0.239 e. The largest absolute Gasteiger partial charge is 0.357 e. The molecule has 0 aromatic carbocycles. The summed E-state index contributed by atoms with van der Waals surface area (Å²) in [7, 11) is 3.69. The summed E-state index contributed by atoms with van der Waals surface area (Å²) >= 11 is 1.79. The number of hydrogen-bond donors (Lipinski definition) is 2. The average Bonchev–Trinajstić information content (AvgIpc) is 3.33. The van der Waals surface area contributed by atoms with Gasteiger partial charge in [-0.15, -0.1) is 35.3 Å². The lowest BCUT2D eigenvalue weighted by atomic mass is 10.1. The van der Waals surface area contributed by atoms with Crippen molar-refractivity contribution in [3.8, 4) is 0 Å². The zero-order valence-corrected chi connectivity index (χ0v) is 20.8. The van der Waals surface area contributed by atoms with Gasteiger partial charge in [-0.3, -0.25) is 14.7 Å². The lowest BCUT2D eigenvalue weighted by Crippen LogP contribution is -2.44. The predicted octanol–water partition coefficient (Wildman–Crippen LogP) is 2.97. The van der Waals surface area contributed by atoms with Gasteiger partial charge in [0.05, 0.1) is 12.6 Å². The van der Waals surface area contributed by atoms with Gasteiger partial charge in [-0.25, -0.2) is 0 Å². The van der Waals surface area contributed by atoms with Gasteiger partial charge in [0.2, 0.25) is 5.91 Å². The van der Waals surface area contributed by atoms with E-state index in [-0.39, 0.29) is 35.9 Å². The van der Waals surface area contributed by atoms with Gasteiger partial charge in [0.1, 0.15) is 0 Å². The van der Waals surface area contributed by atoms with Crippen LogP contribution in [0.4, 0.5) is 0 Å². The molecule has 0 radical (unpaired) electrons. The number of hydrogen-bond acceptors (Lipinski definition) is 4. The Kier molecular flexibility index (Phi) is 12.0. The zero-order chi connectivity index (χ0) is 19.6. The summed E-state index contributed by atoms with van der Waals surface area (Å²) in [6.45, 7) is 8.76. The third-order valence-corrected chi connectivity index (χ3v) is 6.00. The van der Waals surface area contributed by atoms with Crippen LogP contribution in [0.15, 0.2) is 22.5 Å². The lowest BCUT2D eigenvalue weighted by molar-refractivity contribution is -0.133.